The number of piperidine rings is 1. The number of phenols is 1. The minimum Gasteiger partial charge on any atom is -0.508 e. The summed E-state index contributed by atoms with van der Waals surface area (Å²) < 4.78 is 56.4. The smallest absolute Gasteiger partial charge is 0.319 e. The number of halogens is 2. The lowest BCUT2D eigenvalue weighted by Crippen LogP contribution is -2.59. The largest absolute Gasteiger partial charge is 0.508 e. The summed E-state index contributed by atoms with van der Waals surface area (Å²) >= 11 is 0. The van der Waals surface area contributed by atoms with Crippen molar-refractivity contribution in [1.29, 1.82) is 0 Å². The summed E-state index contributed by atoms with van der Waals surface area (Å²) in [5.41, 5.74) is -1.40. The van der Waals surface area contributed by atoms with Gasteiger partial charge in [-0.1, -0.05) is 24.8 Å². The van der Waals surface area contributed by atoms with Crippen molar-refractivity contribution in [2.24, 2.45) is 10.8 Å². The molecule has 3 saturated heterocycles. The van der Waals surface area contributed by atoms with Gasteiger partial charge in [0.05, 0.1) is 52.3 Å². The molecule has 5 aliphatic rings. The minimum absolute atomic E-state index is 0.00241. The number of likely N-dealkylation sites (tertiary alicyclic amines) is 1. The highest BCUT2D eigenvalue weighted by atomic mass is 19.1. The maximum Gasteiger partial charge on any atom is 0.319 e. The number of benzene rings is 2. The molecule has 3 aliphatic heterocycles. The Hall–Kier alpha value is -4.35. The fraction of sp³-hybridized carbons (Fsp3) is 0.558. The molecule has 5 heterocycles. The SMILES string of the molecule is C#Cc1c(F)ccc2cc(O)cc(-c3nc(OC)c4c(N5CCOCC(C)(O)C5)nc(OCC56CCCC5N(C5CCCC7(COC7)C5)CCC6)nc4c3F)c12. The van der Waals surface area contributed by atoms with Gasteiger partial charge in [0.2, 0.25) is 5.88 Å². The van der Waals surface area contributed by atoms with Crippen LogP contribution < -0.4 is 14.4 Å². The average Bonchev–Trinajstić information content (AvgIpc) is 3.53. The second-order valence-corrected chi connectivity index (χ2v) is 17.1. The Kier molecular flexibility index (Phi) is 9.47. The monoisotopic (exact) mass is 769 g/mol. The number of anilines is 1. The highest BCUT2D eigenvalue weighted by molar-refractivity contribution is 6.04. The molecule has 2 aromatic heterocycles. The molecule has 2 aliphatic carbocycles. The van der Waals surface area contributed by atoms with E-state index in [9.17, 15) is 10.2 Å². The molecule has 2 N–H and O–H groups in total. The van der Waals surface area contributed by atoms with Gasteiger partial charge in [-0.05, 0) is 82.0 Å². The van der Waals surface area contributed by atoms with Gasteiger partial charge >= 0.3 is 6.01 Å². The molecule has 2 saturated carbocycles. The number of terminal acetylenes is 1. The fourth-order valence-electron chi connectivity index (χ4n) is 10.6. The van der Waals surface area contributed by atoms with E-state index >= 15 is 8.78 Å². The van der Waals surface area contributed by atoms with E-state index in [0.717, 1.165) is 51.9 Å². The van der Waals surface area contributed by atoms with E-state index in [1.807, 2.05) is 4.90 Å². The molecule has 1 spiro atoms. The van der Waals surface area contributed by atoms with Crippen LogP contribution in [0.4, 0.5) is 14.6 Å². The van der Waals surface area contributed by atoms with Crippen LogP contribution in [0.1, 0.15) is 70.3 Å². The molecule has 2 aromatic carbocycles. The highest BCUT2D eigenvalue weighted by Crippen LogP contribution is 2.52. The molecular weight excluding hydrogens is 720 g/mol. The number of aromatic hydroxyl groups is 1. The summed E-state index contributed by atoms with van der Waals surface area (Å²) in [5, 5.41) is 22.8. The van der Waals surface area contributed by atoms with Gasteiger partial charge in [0.15, 0.2) is 5.82 Å². The van der Waals surface area contributed by atoms with Crippen LogP contribution in [0.3, 0.4) is 0 Å². The van der Waals surface area contributed by atoms with Crippen LogP contribution in [0.15, 0.2) is 24.3 Å². The molecule has 0 amide bonds. The van der Waals surface area contributed by atoms with Crippen LogP contribution in [0.25, 0.3) is 32.9 Å². The van der Waals surface area contributed by atoms with E-state index in [1.165, 1.54) is 57.1 Å². The van der Waals surface area contributed by atoms with E-state index in [2.05, 4.69) is 15.8 Å². The Labute approximate surface area is 325 Å². The van der Waals surface area contributed by atoms with Crippen molar-refractivity contribution in [1.82, 2.24) is 19.9 Å². The van der Waals surface area contributed by atoms with Gasteiger partial charge in [-0.25, -0.2) is 13.8 Å². The Bertz CT molecular complexity index is 2230. The maximum atomic E-state index is 17.4. The van der Waals surface area contributed by atoms with Crippen LogP contribution in [0.2, 0.25) is 0 Å². The number of ether oxygens (including phenoxy) is 4. The van der Waals surface area contributed by atoms with Crippen LogP contribution in [-0.4, -0.2) is 108 Å². The molecule has 13 heteroatoms. The van der Waals surface area contributed by atoms with Gasteiger partial charge in [0.25, 0.3) is 0 Å². The first kappa shape index (κ1) is 37.2. The Morgan fingerprint density at radius 1 is 1.00 bits per heavy atom. The second-order valence-electron chi connectivity index (χ2n) is 17.1. The molecule has 56 heavy (non-hydrogen) atoms. The third-order valence-electron chi connectivity index (χ3n) is 13.1. The lowest BCUT2D eigenvalue weighted by Gasteiger charge is -2.54. The van der Waals surface area contributed by atoms with Crippen molar-refractivity contribution in [2.45, 2.75) is 82.4 Å². The first-order valence-corrected chi connectivity index (χ1v) is 19.9. The number of fused-ring (bicyclic) bond motifs is 3. The quantitative estimate of drug-likeness (QED) is 0.204. The normalized spacial score (nSPS) is 27.8. The summed E-state index contributed by atoms with van der Waals surface area (Å²) in [4.78, 5) is 18.9. The van der Waals surface area contributed by atoms with Gasteiger partial charge in [-0.3, -0.25) is 4.90 Å². The van der Waals surface area contributed by atoms with Gasteiger partial charge in [0.1, 0.15) is 39.6 Å². The summed E-state index contributed by atoms with van der Waals surface area (Å²) in [6.07, 6.45) is 16.0. The van der Waals surface area contributed by atoms with Crippen molar-refractivity contribution < 1.29 is 37.9 Å². The van der Waals surface area contributed by atoms with Crippen molar-refractivity contribution in [3.63, 3.8) is 0 Å². The zero-order valence-corrected chi connectivity index (χ0v) is 32.1. The lowest BCUT2D eigenvalue weighted by atomic mass is 9.68. The molecule has 4 aromatic rings. The summed E-state index contributed by atoms with van der Waals surface area (Å²) in [5.74, 6) is 0.974. The van der Waals surface area contributed by atoms with Crippen molar-refractivity contribution >= 4 is 27.5 Å². The Balaban J connectivity index is 1.15. The third kappa shape index (κ3) is 6.39. The molecule has 296 valence electrons. The number of aliphatic hydroxyl groups is 1. The van der Waals surface area contributed by atoms with E-state index in [-0.39, 0.29) is 75.1 Å². The van der Waals surface area contributed by atoms with Gasteiger partial charge < -0.3 is 34.1 Å². The number of phenolic OH excluding ortho intramolecular Hbond substituents is 1. The highest BCUT2D eigenvalue weighted by Gasteiger charge is 2.52. The maximum absolute atomic E-state index is 17.4. The van der Waals surface area contributed by atoms with Gasteiger partial charge in [-0.15, -0.1) is 6.42 Å². The Morgan fingerprint density at radius 3 is 2.61 bits per heavy atom. The fourth-order valence-corrected chi connectivity index (χ4v) is 10.6. The molecule has 4 unspecified atom stereocenters. The van der Waals surface area contributed by atoms with Crippen LogP contribution in [0.5, 0.6) is 17.6 Å². The number of pyridine rings is 1. The van der Waals surface area contributed by atoms with Crippen LogP contribution in [0, 0.1) is 34.8 Å². The topological polar surface area (TPSA) is 123 Å². The number of hydrogen-bond acceptors (Lipinski definition) is 11. The van der Waals surface area contributed by atoms with E-state index < -0.39 is 17.2 Å². The summed E-state index contributed by atoms with van der Waals surface area (Å²) in [6.45, 7) is 5.74. The van der Waals surface area contributed by atoms with E-state index in [1.54, 1.807) is 6.92 Å². The summed E-state index contributed by atoms with van der Waals surface area (Å²) in [7, 11) is 1.41. The number of rotatable bonds is 7. The molecule has 11 nitrogen and oxygen atoms in total. The number of aromatic nitrogens is 3. The molecule has 0 radical (unpaired) electrons. The average molecular weight is 770 g/mol. The van der Waals surface area contributed by atoms with Crippen molar-refractivity contribution in [3.05, 3.63) is 41.5 Å². The Morgan fingerprint density at radius 2 is 1.82 bits per heavy atom. The molecular formula is C43H49F2N5O6. The van der Waals surface area contributed by atoms with Gasteiger partial charge in [0, 0.05) is 40.4 Å². The number of β-amino-alcohol motifs (C(OH)–C–C–N with tert-alkyl or cyclic N) is 1. The van der Waals surface area contributed by atoms with Crippen LogP contribution >= 0.6 is 0 Å². The predicted molar refractivity (Wildman–Crippen MR) is 207 cm³/mol. The lowest BCUT2D eigenvalue weighted by molar-refractivity contribution is -0.151. The number of hydrogen-bond donors (Lipinski definition) is 2. The standard InChI is InChI=1S/C43H49F2N5O6/c1-4-29-31(44)11-10-26-18-28(51)19-30(33(26)29)36-35(45)37-34(39(46-36)53-3)38(49-16-17-54-22-41(2,52)21-49)48-40(47-37)56-25-43-13-6-9-32(43)50(15-7-14-43)27-8-5-12-42(20-27)23-55-24-42/h1,10-11,18-19,27,32,51-52H,5-9,12-17,20-25H2,2-3H3. The zero-order valence-electron chi connectivity index (χ0n) is 32.1. The molecule has 5 fully saturated rings. The molecule has 0 bridgehead atoms. The summed E-state index contributed by atoms with van der Waals surface area (Å²) in [6, 6.07) is 6.32. The van der Waals surface area contributed by atoms with Crippen LogP contribution in [-0.2, 0) is 9.47 Å². The predicted octanol–water partition coefficient (Wildman–Crippen LogP) is 6.38. The minimum atomic E-state index is -1.24. The second kappa shape index (κ2) is 14.2. The van der Waals surface area contributed by atoms with E-state index in [4.69, 9.17) is 35.3 Å². The number of methoxy groups -OCH3 is 1. The third-order valence-corrected chi connectivity index (χ3v) is 13.1. The molecule has 9 rings (SSSR count). The van der Waals surface area contributed by atoms with Crippen molar-refractivity contribution in [2.75, 3.05) is 64.7 Å². The number of nitrogens with zero attached hydrogens (tertiary/aromatic N) is 5. The van der Waals surface area contributed by atoms with E-state index in [0.29, 0.717) is 42.6 Å². The first-order chi connectivity index (χ1) is 27.0. The van der Waals surface area contributed by atoms with Gasteiger partial charge in [-0.2, -0.15) is 9.97 Å². The zero-order chi connectivity index (χ0) is 38.8. The van der Waals surface area contributed by atoms with Crippen molar-refractivity contribution in [3.8, 4) is 41.2 Å². The first-order valence-electron chi connectivity index (χ1n) is 19.9. The molecule has 4 atom stereocenters.